The largest absolute Gasteiger partial charge is 0.306 e. The van der Waals surface area contributed by atoms with Crippen LogP contribution in [0.5, 0.6) is 0 Å². The summed E-state index contributed by atoms with van der Waals surface area (Å²) in [5.74, 6) is 0. The Balaban J connectivity index is 1.89. The lowest BCUT2D eigenvalue weighted by Crippen LogP contribution is -1.91. The molecule has 0 amide bonds. The second kappa shape index (κ2) is 4.55. The van der Waals surface area contributed by atoms with Gasteiger partial charge in [-0.1, -0.05) is 12.1 Å². The first-order valence-electron chi connectivity index (χ1n) is 7.31. The molecule has 0 saturated heterocycles. The molecule has 0 unspecified atom stereocenters. The molecule has 21 heavy (non-hydrogen) atoms. The maximum Gasteiger partial charge on any atom is 0.153 e. The highest BCUT2D eigenvalue weighted by Crippen LogP contribution is 2.28. The topological polar surface area (TPSA) is 34.4 Å². The Morgan fingerprint density at radius 1 is 1.14 bits per heavy atom. The fraction of sp³-hybridized carbons (Fsp3) is 0.222. The Labute approximate surface area is 123 Å². The Morgan fingerprint density at radius 3 is 2.86 bits per heavy atom. The molecule has 0 atom stereocenters. The van der Waals surface area contributed by atoms with Gasteiger partial charge in [0, 0.05) is 18.0 Å². The minimum absolute atomic E-state index is 0.641. The van der Waals surface area contributed by atoms with Crippen LogP contribution in [0.15, 0.2) is 36.7 Å². The van der Waals surface area contributed by atoms with Crippen LogP contribution in [0.3, 0.4) is 0 Å². The molecular formula is C18H16N2O. The van der Waals surface area contributed by atoms with Crippen LogP contribution in [0, 0.1) is 6.92 Å². The van der Waals surface area contributed by atoms with Gasteiger partial charge in [0.05, 0.1) is 11.3 Å². The van der Waals surface area contributed by atoms with Crippen LogP contribution in [0.2, 0.25) is 0 Å². The van der Waals surface area contributed by atoms with Crippen molar-refractivity contribution < 1.29 is 4.79 Å². The number of carbonyl (C=O) groups excluding carboxylic acids is 1. The van der Waals surface area contributed by atoms with Gasteiger partial charge in [0.1, 0.15) is 5.65 Å². The summed E-state index contributed by atoms with van der Waals surface area (Å²) in [4.78, 5) is 15.9. The third-order valence-electron chi connectivity index (χ3n) is 4.24. The zero-order chi connectivity index (χ0) is 14.4. The molecule has 0 N–H and O–H groups in total. The van der Waals surface area contributed by atoms with E-state index in [1.54, 1.807) is 0 Å². The summed E-state index contributed by atoms with van der Waals surface area (Å²) in [6.45, 7) is 1.99. The van der Waals surface area contributed by atoms with Crippen LogP contribution in [-0.2, 0) is 12.8 Å². The van der Waals surface area contributed by atoms with Crippen LogP contribution in [0.1, 0.15) is 33.5 Å². The standard InChI is InChI=1S/C18H16N2O/c1-12-7-16(11-21)18-19-17(10-20(18)9-12)15-6-5-13-3-2-4-14(13)8-15/h5-11H,2-4H2,1H3. The molecule has 3 nitrogen and oxygen atoms in total. The number of nitrogens with zero attached hydrogens (tertiary/aromatic N) is 2. The highest BCUT2D eigenvalue weighted by molar-refractivity contribution is 5.85. The lowest BCUT2D eigenvalue weighted by molar-refractivity contribution is 0.112. The molecule has 0 spiro atoms. The maximum atomic E-state index is 11.2. The van der Waals surface area contributed by atoms with E-state index in [0.717, 1.165) is 35.2 Å². The molecule has 0 radical (unpaired) electrons. The number of benzene rings is 1. The third-order valence-corrected chi connectivity index (χ3v) is 4.24. The number of pyridine rings is 1. The molecule has 4 rings (SSSR count). The lowest BCUT2D eigenvalue weighted by Gasteiger charge is -2.01. The average molecular weight is 276 g/mol. The van der Waals surface area contributed by atoms with E-state index in [2.05, 4.69) is 23.2 Å². The molecule has 1 aliphatic rings. The first-order chi connectivity index (χ1) is 10.2. The highest BCUT2D eigenvalue weighted by atomic mass is 16.1. The van der Waals surface area contributed by atoms with Crippen molar-refractivity contribution in [2.75, 3.05) is 0 Å². The molecule has 0 bridgehead atoms. The lowest BCUT2D eigenvalue weighted by atomic mass is 10.0. The number of carbonyl (C=O) groups is 1. The van der Waals surface area contributed by atoms with E-state index in [-0.39, 0.29) is 0 Å². The Kier molecular flexibility index (Phi) is 2.67. The molecule has 2 heterocycles. The van der Waals surface area contributed by atoms with E-state index in [1.807, 2.05) is 29.8 Å². The zero-order valence-electron chi connectivity index (χ0n) is 12.0. The predicted molar refractivity (Wildman–Crippen MR) is 82.8 cm³/mol. The summed E-state index contributed by atoms with van der Waals surface area (Å²) in [7, 11) is 0. The maximum absolute atomic E-state index is 11.2. The van der Waals surface area contributed by atoms with Crippen molar-refractivity contribution in [2.24, 2.45) is 0 Å². The molecule has 0 saturated carbocycles. The summed E-state index contributed by atoms with van der Waals surface area (Å²) >= 11 is 0. The van der Waals surface area contributed by atoms with E-state index in [1.165, 1.54) is 24.0 Å². The first kappa shape index (κ1) is 12.3. The molecule has 2 aromatic heterocycles. The Morgan fingerprint density at radius 2 is 2.00 bits per heavy atom. The van der Waals surface area contributed by atoms with E-state index < -0.39 is 0 Å². The second-order valence-corrected chi connectivity index (χ2v) is 5.78. The zero-order valence-corrected chi connectivity index (χ0v) is 12.0. The van der Waals surface area contributed by atoms with Crippen molar-refractivity contribution in [3.8, 4) is 11.3 Å². The normalized spacial score (nSPS) is 13.6. The van der Waals surface area contributed by atoms with Crippen LogP contribution in [0.4, 0.5) is 0 Å². The van der Waals surface area contributed by atoms with Gasteiger partial charge in [-0.2, -0.15) is 0 Å². The Bertz CT molecular complexity index is 861. The summed E-state index contributed by atoms with van der Waals surface area (Å²) in [6.07, 6.45) is 8.49. The van der Waals surface area contributed by atoms with Crippen molar-refractivity contribution in [2.45, 2.75) is 26.2 Å². The number of fused-ring (bicyclic) bond motifs is 2. The molecule has 1 aliphatic carbocycles. The van der Waals surface area contributed by atoms with E-state index in [4.69, 9.17) is 0 Å². The van der Waals surface area contributed by atoms with Crippen molar-refractivity contribution in [3.63, 3.8) is 0 Å². The predicted octanol–water partition coefficient (Wildman–Crippen LogP) is 3.61. The number of aryl methyl sites for hydroxylation is 3. The first-order valence-corrected chi connectivity index (χ1v) is 7.31. The van der Waals surface area contributed by atoms with Crippen molar-refractivity contribution in [1.82, 2.24) is 9.38 Å². The van der Waals surface area contributed by atoms with Gasteiger partial charge in [-0.25, -0.2) is 4.98 Å². The number of aldehydes is 1. The SMILES string of the molecule is Cc1cc(C=O)c2nc(-c3ccc4c(c3)CCC4)cn2c1. The smallest absolute Gasteiger partial charge is 0.153 e. The summed E-state index contributed by atoms with van der Waals surface area (Å²) < 4.78 is 1.95. The van der Waals surface area contributed by atoms with Crippen LogP contribution < -0.4 is 0 Å². The highest BCUT2D eigenvalue weighted by Gasteiger charge is 2.13. The molecule has 3 heteroatoms. The minimum Gasteiger partial charge on any atom is -0.306 e. The Hall–Kier alpha value is -2.42. The van der Waals surface area contributed by atoms with E-state index in [9.17, 15) is 4.79 Å². The monoisotopic (exact) mass is 276 g/mol. The molecule has 3 aromatic rings. The van der Waals surface area contributed by atoms with Crippen molar-refractivity contribution >= 4 is 11.9 Å². The molecule has 0 fully saturated rings. The van der Waals surface area contributed by atoms with Crippen molar-refractivity contribution in [3.05, 3.63) is 58.9 Å². The molecule has 104 valence electrons. The number of hydrogen-bond donors (Lipinski definition) is 0. The average Bonchev–Trinajstić information content (AvgIpc) is 3.11. The quantitative estimate of drug-likeness (QED) is 0.670. The number of hydrogen-bond acceptors (Lipinski definition) is 2. The van der Waals surface area contributed by atoms with E-state index >= 15 is 0 Å². The van der Waals surface area contributed by atoms with Gasteiger partial charge in [0.25, 0.3) is 0 Å². The number of aromatic nitrogens is 2. The van der Waals surface area contributed by atoms with Crippen LogP contribution >= 0.6 is 0 Å². The van der Waals surface area contributed by atoms with Crippen molar-refractivity contribution in [1.29, 1.82) is 0 Å². The summed E-state index contributed by atoms with van der Waals surface area (Å²) in [6, 6.07) is 8.48. The second-order valence-electron chi connectivity index (χ2n) is 5.78. The number of imidazole rings is 1. The molecule has 0 aliphatic heterocycles. The van der Waals surface area contributed by atoms with Gasteiger partial charge in [0.15, 0.2) is 6.29 Å². The van der Waals surface area contributed by atoms with Gasteiger partial charge in [0.2, 0.25) is 0 Å². The van der Waals surface area contributed by atoms with Gasteiger partial charge in [-0.05, 0) is 55.0 Å². The van der Waals surface area contributed by atoms with E-state index in [0.29, 0.717) is 5.56 Å². The summed E-state index contributed by atoms with van der Waals surface area (Å²) in [5.41, 5.74) is 7.39. The fourth-order valence-electron chi connectivity index (χ4n) is 3.23. The third kappa shape index (κ3) is 1.97. The van der Waals surface area contributed by atoms with Gasteiger partial charge in [-0.3, -0.25) is 4.79 Å². The van der Waals surface area contributed by atoms with Gasteiger partial charge in [-0.15, -0.1) is 0 Å². The van der Waals surface area contributed by atoms with Gasteiger partial charge < -0.3 is 4.40 Å². The number of rotatable bonds is 2. The van der Waals surface area contributed by atoms with Crippen LogP contribution in [0.25, 0.3) is 16.9 Å². The molecule has 1 aromatic carbocycles. The van der Waals surface area contributed by atoms with Gasteiger partial charge >= 0.3 is 0 Å². The molecular weight excluding hydrogens is 260 g/mol. The summed E-state index contributed by atoms with van der Waals surface area (Å²) in [5, 5.41) is 0. The fourth-order valence-corrected chi connectivity index (χ4v) is 3.23. The van der Waals surface area contributed by atoms with Crippen LogP contribution in [-0.4, -0.2) is 15.7 Å². The minimum atomic E-state index is 0.641.